The van der Waals surface area contributed by atoms with E-state index in [0.717, 1.165) is 19.6 Å². The molecule has 2 N–H and O–H groups in total. The minimum atomic E-state index is 0.979. The Kier molecular flexibility index (Phi) is 1.02. The zero-order valence-electron chi connectivity index (χ0n) is 5.22. The van der Waals surface area contributed by atoms with E-state index in [1.54, 1.807) is 0 Å². The highest BCUT2D eigenvalue weighted by molar-refractivity contribution is 4.78. The molecule has 3 heteroatoms. The van der Waals surface area contributed by atoms with E-state index in [1.165, 1.54) is 5.82 Å². The van der Waals surface area contributed by atoms with Crippen LogP contribution in [0.1, 0.15) is 5.82 Å². The van der Waals surface area contributed by atoms with Gasteiger partial charge in [-0.15, -0.1) is 0 Å². The molecule has 1 aliphatic heterocycles. The number of hydrogen-bond acceptors (Lipinski definition) is 1. The molecule has 48 valence electrons. The summed E-state index contributed by atoms with van der Waals surface area (Å²) >= 11 is 0. The van der Waals surface area contributed by atoms with Crippen LogP contribution < -0.4 is 9.88 Å². The van der Waals surface area contributed by atoms with Crippen LogP contribution in [0.4, 0.5) is 0 Å². The number of H-pyrrole nitrogens is 1. The van der Waals surface area contributed by atoms with E-state index in [1.807, 2.05) is 6.20 Å². The monoisotopic (exact) mass is 124 g/mol. The second kappa shape index (κ2) is 1.84. The third-order valence-corrected chi connectivity index (χ3v) is 1.67. The fourth-order valence-electron chi connectivity index (χ4n) is 1.16. The van der Waals surface area contributed by atoms with Gasteiger partial charge in [-0.2, -0.15) is 0 Å². The Morgan fingerprint density at radius 1 is 1.56 bits per heavy atom. The maximum atomic E-state index is 3.27. The Balaban J connectivity index is 2.39. The summed E-state index contributed by atoms with van der Waals surface area (Å²) < 4.78 is 2.23. The number of rotatable bonds is 0. The number of aromatic nitrogens is 2. The van der Waals surface area contributed by atoms with Gasteiger partial charge >= 0.3 is 0 Å². The minimum absolute atomic E-state index is 0.979. The molecule has 1 aromatic heterocycles. The Bertz CT molecular complexity index is 183. The molecule has 0 aromatic carbocycles. The van der Waals surface area contributed by atoms with Gasteiger partial charge in [0.2, 0.25) is 0 Å². The first kappa shape index (κ1) is 4.99. The summed E-state index contributed by atoms with van der Waals surface area (Å²) in [6.07, 6.45) is 4.05. The third-order valence-electron chi connectivity index (χ3n) is 1.67. The highest BCUT2D eigenvalue weighted by atomic mass is 15.1. The van der Waals surface area contributed by atoms with Crippen LogP contribution in [0.25, 0.3) is 0 Å². The zero-order valence-corrected chi connectivity index (χ0v) is 5.22. The number of imidazole rings is 1. The van der Waals surface area contributed by atoms with Crippen molar-refractivity contribution in [1.29, 1.82) is 0 Å². The predicted octanol–water partition coefficient (Wildman–Crippen LogP) is -0.595. The maximum absolute atomic E-state index is 3.27. The molecule has 0 aliphatic carbocycles. The van der Waals surface area contributed by atoms with Gasteiger partial charge in [-0.25, -0.2) is 9.55 Å². The molecule has 9 heavy (non-hydrogen) atoms. The smallest absolute Gasteiger partial charge is 0.268 e. The molecule has 0 radical (unpaired) electrons. The summed E-state index contributed by atoms with van der Waals surface area (Å²) in [6, 6.07) is 0. The lowest BCUT2D eigenvalue weighted by atomic mass is 10.4. The summed E-state index contributed by atoms with van der Waals surface area (Å²) in [7, 11) is 0. The van der Waals surface area contributed by atoms with Gasteiger partial charge in [0.15, 0.2) is 0 Å². The zero-order chi connectivity index (χ0) is 6.10. The predicted molar refractivity (Wildman–Crippen MR) is 32.7 cm³/mol. The molecule has 2 heterocycles. The molecule has 1 aromatic rings. The second-order valence-electron chi connectivity index (χ2n) is 2.28. The quantitative estimate of drug-likeness (QED) is 0.445. The van der Waals surface area contributed by atoms with E-state index in [9.17, 15) is 0 Å². The van der Waals surface area contributed by atoms with E-state index in [4.69, 9.17) is 0 Å². The van der Waals surface area contributed by atoms with Crippen molar-refractivity contribution in [1.82, 2.24) is 10.3 Å². The standard InChI is InChI=1S/C6H9N3/c1-3-9-4-2-8-6(9)5-7-1/h2,4,7H,1,3,5H2/p+1. The Hall–Kier alpha value is -0.830. The number of hydrogen-bond donors (Lipinski definition) is 2. The average Bonchev–Trinajstić information content (AvgIpc) is 2.33. The minimum Gasteiger partial charge on any atom is -0.302 e. The topological polar surface area (TPSA) is 31.7 Å². The van der Waals surface area contributed by atoms with Gasteiger partial charge in [-0.1, -0.05) is 0 Å². The van der Waals surface area contributed by atoms with Gasteiger partial charge < -0.3 is 5.32 Å². The molecular formula is C6H10N3+. The first-order valence-electron chi connectivity index (χ1n) is 3.23. The van der Waals surface area contributed by atoms with Crippen molar-refractivity contribution in [2.75, 3.05) is 6.54 Å². The van der Waals surface area contributed by atoms with Crippen molar-refractivity contribution in [3.8, 4) is 0 Å². The van der Waals surface area contributed by atoms with Gasteiger partial charge in [0.05, 0.1) is 6.54 Å². The molecule has 0 saturated carbocycles. The van der Waals surface area contributed by atoms with Crippen LogP contribution in [0, 0.1) is 0 Å². The van der Waals surface area contributed by atoms with Crippen molar-refractivity contribution in [3.63, 3.8) is 0 Å². The van der Waals surface area contributed by atoms with Crippen LogP contribution >= 0.6 is 0 Å². The number of aromatic amines is 1. The molecule has 2 rings (SSSR count). The van der Waals surface area contributed by atoms with Gasteiger partial charge in [-0.3, -0.25) is 0 Å². The van der Waals surface area contributed by atoms with Crippen LogP contribution in [-0.2, 0) is 13.1 Å². The lowest BCUT2D eigenvalue weighted by Crippen LogP contribution is -2.47. The highest BCUT2D eigenvalue weighted by Crippen LogP contribution is 1.89. The molecule has 0 saturated heterocycles. The number of nitrogens with zero attached hydrogens (tertiary/aromatic N) is 1. The molecule has 1 aliphatic rings. The first-order valence-corrected chi connectivity index (χ1v) is 3.23. The lowest BCUT2D eigenvalue weighted by molar-refractivity contribution is -0.706. The highest BCUT2D eigenvalue weighted by Gasteiger charge is 2.13. The summed E-state index contributed by atoms with van der Waals surface area (Å²) in [5, 5.41) is 3.27. The van der Waals surface area contributed by atoms with Crippen molar-refractivity contribution in [2.24, 2.45) is 0 Å². The van der Waals surface area contributed by atoms with Crippen LogP contribution in [0.2, 0.25) is 0 Å². The molecule has 0 fully saturated rings. The van der Waals surface area contributed by atoms with E-state index in [2.05, 4.69) is 21.1 Å². The fraction of sp³-hybridized carbons (Fsp3) is 0.500. The SMILES string of the molecule is c1c[n+]2c([nH]1)CNCC2. The summed E-state index contributed by atoms with van der Waals surface area (Å²) in [4.78, 5) is 3.16. The van der Waals surface area contributed by atoms with E-state index < -0.39 is 0 Å². The normalized spacial score (nSPS) is 17.3. The maximum Gasteiger partial charge on any atom is 0.268 e. The molecule has 0 bridgehead atoms. The number of fused-ring (bicyclic) bond motifs is 1. The molecule has 0 unspecified atom stereocenters. The van der Waals surface area contributed by atoms with Crippen molar-refractivity contribution in [3.05, 3.63) is 18.2 Å². The van der Waals surface area contributed by atoms with E-state index in [-0.39, 0.29) is 0 Å². The van der Waals surface area contributed by atoms with Crippen LogP contribution in [0.3, 0.4) is 0 Å². The van der Waals surface area contributed by atoms with Crippen molar-refractivity contribution in [2.45, 2.75) is 13.1 Å². The largest absolute Gasteiger partial charge is 0.302 e. The molecule has 0 atom stereocenters. The summed E-state index contributed by atoms with van der Waals surface area (Å²) in [5.41, 5.74) is 0. The van der Waals surface area contributed by atoms with E-state index in [0.29, 0.717) is 0 Å². The van der Waals surface area contributed by atoms with Gasteiger partial charge in [0.1, 0.15) is 18.9 Å². The molecule has 0 spiro atoms. The van der Waals surface area contributed by atoms with Gasteiger partial charge in [-0.05, 0) is 0 Å². The lowest BCUT2D eigenvalue weighted by Gasteiger charge is -2.07. The molecule has 0 amide bonds. The third kappa shape index (κ3) is 0.733. The Morgan fingerprint density at radius 2 is 2.56 bits per heavy atom. The second-order valence-corrected chi connectivity index (χ2v) is 2.28. The van der Waals surface area contributed by atoms with Crippen LogP contribution in [0.15, 0.2) is 12.4 Å². The number of nitrogens with one attached hydrogen (secondary N) is 2. The van der Waals surface area contributed by atoms with Gasteiger partial charge in [0, 0.05) is 6.54 Å². The summed E-state index contributed by atoms with van der Waals surface area (Å²) in [5.74, 6) is 1.28. The first-order chi connectivity index (χ1) is 4.47. The molecule has 3 nitrogen and oxygen atoms in total. The Labute approximate surface area is 53.7 Å². The molecular weight excluding hydrogens is 114 g/mol. The summed E-state index contributed by atoms with van der Waals surface area (Å²) in [6.45, 7) is 3.17. The van der Waals surface area contributed by atoms with Gasteiger partial charge in [0.25, 0.3) is 5.82 Å². The van der Waals surface area contributed by atoms with Crippen molar-refractivity contribution < 1.29 is 4.57 Å². The van der Waals surface area contributed by atoms with Crippen LogP contribution in [0.5, 0.6) is 0 Å². The Morgan fingerprint density at radius 3 is 3.44 bits per heavy atom. The van der Waals surface area contributed by atoms with Crippen LogP contribution in [-0.4, -0.2) is 11.5 Å². The average molecular weight is 124 g/mol. The van der Waals surface area contributed by atoms with E-state index >= 15 is 0 Å². The van der Waals surface area contributed by atoms with Crippen molar-refractivity contribution >= 4 is 0 Å². The fourth-order valence-corrected chi connectivity index (χ4v) is 1.16.